The van der Waals surface area contributed by atoms with Crippen LogP contribution in [0, 0.1) is 24.6 Å². The van der Waals surface area contributed by atoms with Gasteiger partial charge >= 0.3 is 0 Å². The number of benzene rings is 1. The number of rotatable bonds is 3. The van der Waals surface area contributed by atoms with Gasteiger partial charge in [0.15, 0.2) is 9.50 Å². The molecule has 6 rings (SSSR count). The minimum absolute atomic E-state index is 0.260. The molecule has 3 N–H and O–H groups in total. The fourth-order valence-corrected chi connectivity index (χ4v) is 6.29. The van der Waals surface area contributed by atoms with Crippen LogP contribution < -0.4 is 10.6 Å². The summed E-state index contributed by atoms with van der Waals surface area (Å²) in [5.74, 6) is 1.74. The Hall–Kier alpha value is -2.23. The maximum atomic E-state index is 14.0. The number of thiazole rings is 1. The summed E-state index contributed by atoms with van der Waals surface area (Å²) in [6, 6.07) is 5.06. The lowest BCUT2D eigenvalue weighted by molar-refractivity contribution is 0.194. The molecule has 2 aliphatic rings. The molecule has 1 saturated carbocycles. The van der Waals surface area contributed by atoms with Crippen molar-refractivity contribution < 1.29 is 4.39 Å². The first-order chi connectivity index (χ1) is 14.0. The standard InChI is InChI=1S/C20H19FN6S2/c1-9-8-28-20(23-9)29-19-25-17-16(12-5-11(21)2-3-15(12)24-17)18(26-19)27-6-10-4-14(22)13(10)7-27/h2-3,5,8,10,13-14H,4,6-7,22H2,1H3,(H,24,25,26). The van der Waals surface area contributed by atoms with E-state index in [1.165, 1.54) is 17.8 Å². The first kappa shape index (κ1) is 17.6. The van der Waals surface area contributed by atoms with E-state index >= 15 is 0 Å². The number of halogens is 1. The van der Waals surface area contributed by atoms with Crippen LogP contribution >= 0.6 is 23.1 Å². The Kier molecular flexibility index (Phi) is 3.88. The Labute approximate surface area is 174 Å². The van der Waals surface area contributed by atoms with Crippen LogP contribution in [0.15, 0.2) is 33.1 Å². The van der Waals surface area contributed by atoms with Crippen LogP contribution in [0.25, 0.3) is 21.9 Å². The summed E-state index contributed by atoms with van der Waals surface area (Å²) in [4.78, 5) is 19.8. The molecule has 3 unspecified atom stereocenters. The Balaban J connectivity index is 1.51. The molecule has 0 spiro atoms. The van der Waals surface area contributed by atoms with E-state index in [1.807, 2.05) is 12.3 Å². The fraction of sp³-hybridized carbons (Fsp3) is 0.350. The predicted molar refractivity (Wildman–Crippen MR) is 114 cm³/mol. The van der Waals surface area contributed by atoms with Crippen LogP contribution in [0.1, 0.15) is 12.1 Å². The van der Waals surface area contributed by atoms with E-state index in [1.54, 1.807) is 23.5 Å². The topological polar surface area (TPSA) is 83.7 Å². The van der Waals surface area contributed by atoms with Crippen LogP contribution in [0.5, 0.6) is 0 Å². The number of hydrogen-bond donors (Lipinski definition) is 2. The molecule has 1 aromatic carbocycles. The molecule has 2 fully saturated rings. The smallest absolute Gasteiger partial charge is 0.198 e. The predicted octanol–water partition coefficient (Wildman–Crippen LogP) is 3.95. The van der Waals surface area contributed by atoms with Crippen molar-refractivity contribution in [1.29, 1.82) is 0 Å². The van der Waals surface area contributed by atoms with Crippen molar-refractivity contribution in [2.24, 2.45) is 17.6 Å². The quantitative estimate of drug-likeness (QED) is 0.483. The van der Waals surface area contributed by atoms with Gasteiger partial charge in [0.05, 0.1) is 5.39 Å². The molecule has 0 amide bonds. The van der Waals surface area contributed by atoms with Gasteiger partial charge in [0.2, 0.25) is 0 Å². The van der Waals surface area contributed by atoms with Crippen LogP contribution in [-0.4, -0.2) is 39.1 Å². The lowest BCUT2D eigenvalue weighted by Crippen LogP contribution is -2.46. The first-order valence-electron chi connectivity index (χ1n) is 9.64. The van der Waals surface area contributed by atoms with Crippen LogP contribution in [0.3, 0.4) is 0 Å². The van der Waals surface area contributed by atoms with Crippen molar-refractivity contribution in [3.63, 3.8) is 0 Å². The van der Waals surface area contributed by atoms with Gasteiger partial charge in [0, 0.05) is 41.1 Å². The van der Waals surface area contributed by atoms with E-state index in [0.29, 0.717) is 17.0 Å². The number of nitrogens with zero attached hydrogens (tertiary/aromatic N) is 4. The molecule has 1 saturated heterocycles. The molecule has 1 aliphatic heterocycles. The summed E-state index contributed by atoms with van der Waals surface area (Å²) in [6.07, 6.45) is 1.07. The maximum Gasteiger partial charge on any atom is 0.198 e. The largest absolute Gasteiger partial charge is 0.355 e. The van der Waals surface area contributed by atoms with Crippen LogP contribution in [0.2, 0.25) is 0 Å². The van der Waals surface area contributed by atoms with Crippen molar-refractivity contribution >= 4 is 50.9 Å². The number of H-pyrrole nitrogens is 1. The monoisotopic (exact) mass is 426 g/mol. The van der Waals surface area contributed by atoms with E-state index in [9.17, 15) is 4.39 Å². The highest BCUT2D eigenvalue weighted by molar-refractivity contribution is 8.00. The summed E-state index contributed by atoms with van der Waals surface area (Å²) in [6.45, 7) is 3.80. The summed E-state index contributed by atoms with van der Waals surface area (Å²) < 4.78 is 14.9. The lowest BCUT2D eigenvalue weighted by Gasteiger charge is -2.36. The number of anilines is 1. The highest BCUT2D eigenvalue weighted by Crippen LogP contribution is 2.44. The van der Waals surface area contributed by atoms with Gasteiger partial charge in [-0.25, -0.2) is 19.3 Å². The third-order valence-electron chi connectivity index (χ3n) is 6.07. The minimum atomic E-state index is -0.260. The Morgan fingerprint density at radius 3 is 2.93 bits per heavy atom. The second-order valence-electron chi connectivity index (χ2n) is 7.95. The molecule has 4 heterocycles. The van der Waals surface area contributed by atoms with Crippen LogP contribution in [0.4, 0.5) is 10.2 Å². The SMILES string of the molecule is Cc1csc(Sc2nc(N3CC4CC(N)C4C3)c3c(n2)[nH]c2ccc(F)cc23)n1. The van der Waals surface area contributed by atoms with Crippen LogP contribution in [-0.2, 0) is 0 Å². The maximum absolute atomic E-state index is 14.0. The van der Waals surface area contributed by atoms with Gasteiger partial charge < -0.3 is 15.6 Å². The molecular weight excluding hydrogens is 407 g/mol. The number of fused-ring (bicyclic) bond motifs is 4. The average molecular weight is 427 g/mol. The number of aromatic nitrogens is 4. The summed E-state index contributed by atoms with van der Waals surface area (Å²) >= 11 is 3.05. The van der Waals surface area contributed by atoms with Crippen molar-refractivity contribution in [3.8, 4) is 0 Å². The van der Waals surface area contributed by atoms with Gasteiger partial charge in [-0.05, 0) is 55.1 Å². The lowest BCUT2D eigenvalue weighted by atomic mass is 9.72. The second kappa shape index (κ2) is 6.38. The summed E-state index contributed by atoms with van der Waals surface area (Å²) in [5, 5.41) is 4.37. The number of hydrogen-bond acceptors (Lipinski definition) is 7. The van der Waals surface area contributed by atoms with Gasteiger partial charge in [0.1, 0.15) is 17.3 Å². The summed E-state index contributed by atoms with van der Waals surface area (Å²) in [7, 11) is 0. The molecule has 0 radical (unpaired) electrons. The molecule has 4 aromatic rings. The third-order valence-corrected chi connectivity index (χ3v) is 7.99. The Morgan fingerprint density at radius 2 is 2.17 bits per heavy atom. The number of nitrogens with one attached hydrogen (secondary N) is 1. The van der Waals surface area contributed by atoms with E-state index in [4.69, 9.17) is 15.7 Å². The summed E-state index contributed by atoms with van der Waals surface area (Å²) in [5.41, 5.74) is 8.80. The van der Waals surface area contributed by atoms with E-state index in [0.717, 1.165) is 57.3 Å². The van der Waals surface area contributed by atoms with Crippen molar-refractivity contribution in [3.05, 3.63) is 35.1 Å². The number of nitrogens with two attached hydrogens (primary N) is 1. The zero-order chi connectivity index (χ0) is 19.7. The van der Waals surface area contributed by atoms with Gasteiger partial charge in [-0.2, -0.15) is 0 Å². The molecule has 9 heteroatoms. The molecule has 6 nitrogen and oxygen atoms in total. The first-order valence-corrected chi connectivity index (χ1v) is 11.3. The van der Waals surface area contributed by atoms with Gasteiger partial charge in [-0.15, -0.1) is 11.3 Å². The average Bonchev–Trinajstić information content (AvgIpc) is 3.35. The molecule has 29 heavy (non-hydrogen) atoms. The highest BCUT2D eigenvalue weighted by atomic mass is 32.2. The van der Waals surface area contributed by atoms with Gasteiger partial charge in [-0.1, -0.05) is 0 Å². The molecule has 148 valence electrons. The zero-order valence-electron chi connectivity index (χ0n) is 15.7. The van der Waals surface area contributed by atoms with Crippen molar-refractivity contribution in [1.82, 2.24) is 19.9 Å². The van der Waals surface area contributed by atoms with Crippen molar-refractivity contribution in [2.45, 2.75) is 28.9 Å². The Morgan fingerprint density at radius 1 is 1.28 bits per heavy atom. The molecule has 1 aliphatic carbocycles. The van der Waals surface area contributed by atoms with E-state index in [2.05, 4.69) is 14.9 Å². The minimum Gasteiger partial charge on any atom is -0.355 e. The molecule has 3 atom stereocenters. The number of aryl methyl sites for hydroxylation is 1. The Bertz CT molecular complexity index is 1250. The third kappa shape index (κ3) is 2.83. The molecule has 0 bridgehead atoms. The van der Waals surface area contributed by atoms with Gasteiger partial charge in [-0.3, -0.25) is 0 Å². The second-order valence-corrected chi connectivity index (χ2v) is 10.0. The highest BCUT2D eigenvalue weighted by Gasteiger charge is 2.46. The molecule has 3 aromatic heterocycles. The fourth-order valence-electron chi connectivity index (χ4n) is 4.59. The van der Waals surface area contributed by atoms with Crippen molar-refractivity contribution in [2.75, 3.05) is 18.0 Å². The number of aromatic amines is 1. The van der Waals surface area contributed by atoms with E-state index < -0.39 is 0 Å². The van der Waals surface area contributed by atoms with Gasteiger partial charge in [0.25, 0.3) is 0 Å². The molecular formula is C20H19FN6S2. The normalized spacial score (nSPS) is 23.7. The zero-order valence-corrected chi connectivity index (χ0v) is 17.4. The van der Waals surface area contributed by atoms with E-state index in [-0.39, 0.29) is 11.9 Å².